The van der Waals surface area contributed by atoms with Crippen LogP contribution in [0, 0.1) is 11.8 Å². The molecule has 0 spiro atoms. The molecule has 3 aliphatic heterocycles. The number of fused-ring (bicyclic) bond motifs is 1. The van der Waals surface area contributed by atoms with E-state index in [0.29, 0.717) is 32.5 Å². The number of aromatic amines is 1. The highest BCUT2D eigenvalue weighted by atomic mass is 16.5. The zero-order valence-electron chi connectivity index (χ0n) is 14.7. The number of aryl methyl sites for hydroxylation is 1. The zero-order chi connectivity index (χ0) is 17.2. The van der Waals surface area contributed by atoms with Crippen molar-refractivity contribution in [2.75, 3.05) is 32.8 Å². The summed E-state index contributed by atoms with van der Waals surface area (Å²) in [6, 6.07) is 3.95. The number of piperidine rings is 1. The Bertz CT molecular complexity index is 609. The Hall–Kier alpha value is -1.82. The molecule has 0 bridgehead atoms. The van der Waals surface area contributed by atoms with Gasteiger partial charge in [0.05, 0.1) is 12.0 Å². The highest BCUT2D eigenvalue weighted by Crippen LogP contribution is 2.35. The minimum absolute atomic E-state index is 0.0275. The highest BCUT2D eigenvalue weighted by molar-refractivity contribution is 5.82. The highest BCUT2D eigenvalue weighted by Gasteiger charge is 2.46. The Morgan fingerprint density at radius 1 is 1.20 bits per heavy atom. The number of amides is 2. The van der Waals surface area contributed by atoms with Gasteiger partial charge in [-0.05, 0) is 37.8 Å². The fourth-order valence-corrected chi connectivity index (χ4v) is 4.54. The van der Waals surface area contributed by atoms with Crippen LogP contribution in [0.3, 0.4) is 0 Å². The summed E-state index contributed by atoms with van der Waals surface area (Å²) in [5.41, 5.74) is 1.07. The molecule has 0 radical (unpaired) electrons. The number of ether oxygens (including phenoxy) is 1. The number of aromatic nitrogens is 1. The molecule has 1 N–H and O–H groups in total. The number of nitrogens with zero attached hydrogens (tertiary/aromatic N) is 2. The van der Waals surface area contributed by atoms with Crippen molar-refractivity contribution in [3.63, 3.8) is 0 Å². The number of carbonyl (C=O) groups excluding carboxylic acids is 2. The standard InChI is InChI=1S/C19H27N3O3/c23-18(6-5-14-4-3-8-20-14)22-12-16(15-7-11-25-17(15)13-22)19(24)21-9-1-2-10-21/h3-4,8,15-17,20H,1-2,5-7,9-13H2/t15-,16+,17+/m0/s1. The molecule has 0 aliphatic carbocycles. The van der Waals surface area contributed by atoms with E-state index in [0.717, 1.165) is 38.0 Å². The smallest absolute Gasteiger partial charge is 0.227 e. The van der Waals surface area contributed by atoms with E-state index < -0.39 is 0 Å². The maximum atomic E-state index is 13.0. The van der Waals surface area contributed by atoms with Crippen molar-refractivity contribution in [3.8, 4) is 0 Å². The van der Waals surface area contributed by atoms with Crippen molar-refractivity contribution in [3.05, 3.63) is 24.0 Å². The Morgan fingerprint density at radius 2 is 2.04 bits per heavy atom. The third-order valence-corrected chi connectivity index (χ3v) is 5.95. The van der Waals surface area contributed by atoms with Gasteiger partial charge in [-0.3, -0.25) is 9.59 Å². The minimum atomic E-state index is -0.0891. The van der Waals surface area contributed by atoms with E-state index in [1.807, 2.05) is 28.1 Å². The Morgan fingerprint density at radius 3 is 2.80 bits per heavy atom. The second kappa shape index (κ2) is 7.20. The third-order valence-electron chi connectivity index (χ3n) is 5.95. The van der Waals surface area contributed by atoms with Gasteiger partial charge in [-0.15, -0.1) is 0 Å². The number of hydrogen-bond acceptors (Lipinski definition) is 3. The predicted molar refractivity (Wildman–Crippen MR) is 92.8 cm³/mol. The van der Waals surface area contributed by atoms with E-state index >= 15 is 0 Å². The summed E-state index contributed by atoms with van der Waals surface area (Å²) in [5.74, 6) is 0.553. The van der Waals surface area contributed by atoms with Crippen LogP contribution >= 0.6 is 0 Å². The summed E-state index contributed by atoms with van der Waals surface area (Å²) >= 11 is 0. The van der Waals surface area contributed by atoms with E-state index in [4.69, 9.17) is 4.74 Å². The van der Waals surface area contributed by atoms with Crippen molar-refractivity contribution < 1.29 is 14.3 Å². The summed E-state index contributed by atoms with van der Waals surface area (Å²) in [4.78, 5) is 32.7. The van der Waals surface area contributed by atoms with Crippen molar-refractivity contribution in [2.24, 2.45) is 11.8 Å². The molecule has 3 atom stereocenters. The van der Waals surface area contributed by atoms with Crippen LogP contribution in [0.2, 0.25) is 0 Å². The molecule has 3 saturated heterocycles. The monoisotopic (exact) mass is 345 g/mol. The second-order valence-electron chi connectivity index (χ2n) is 7.49. The molecular weight excluding hydrogens is 318 g/mol. The fourth-order valence-electron chi connectivity index (χ4n) is 4.54. The summed E-state index contributed by atoms with van der Waals surface area (Å²) in [5, 5.41) is 0. The lowest BCUT2D eigenvalue weighted by Crippen LogP contribution is -2.54. The van der Waals surface area contributed by atoms with Gasteiger partial charge < -0.3 is 19.5 Å². The summed E-state index contributed by atoms with van der Waals surface area (Å²) in [6.45, 7) is 3.65. The van der Waals surface area contributed by atoms with Crippen LogP contribution in [0.25, 0.3) is 0 Å². The number of hydrogen-bond donors (Lipinski definition) is 1. The molecule has 0 aromatic carbocycles. The average Bonchev–Trinajstić information content (AvgIpc) is 3.40. The van der Waals surface area contributed by atoms with Gasteiger partial charge in [0, 0.05) is 57.0 Å². The van der Waals surface area contributed by atoms with Gasteiger partial charge in [-0.1, -0.05) is 0 Å². The van der Waals surface area contributed by atoms with Crippen LogP contribution in [0.15, 0.2) is 18.3 Å². The maximum Gasteiger partial charge on any atom is 0.227 e. The molecule has 2 amide bonds. The molecule has 6 heteroatoms. The maximum absolute atomic E-state index is 13.0. The molecule has 4 heterocycles. The van der Waals surface area contributed by atoms with Gasteiger partial charge in [-0.25, -0.2) is 0 Å². The van der Waals surface area contributed by atoms with E-state index in [1.165, 1.54) is 0 Å². The Labute approximate surface area is 148 Å². The van der Waals surface area contributed by atoms with Crippen molar-refractivity contribution >= 4 is 11.8 Å². The van der Waals surface area contributed by atoms with Gasteiger partial charge in [-0.2, -0.15) is 0 Å². The quantitative estimate of drug-likeness (QED) is 0.898. The van der Waals surface area contributed by atoms with Gasteiger partial charge >= 0.3 is 0 Å². The first kappa shape index (κ1) is 16.6. The number of carbonyl (C=O) groups is 2. The van der Waals surface area contributed by atoms with Gasteiger partial charge in [0.2, 0.25) is 11.8 Å². The molecule has 1 aromatic rings. The molecular formula is C19H27N3O3. The SMILES string of the molecule is O=C(CCc1ccc[nH]1)N1C[C@H]2OCC[C@H]2[C@H](C(=O)N2CCCC2)C1. The van der Waals surface area contributed by atoms with Gasteiger partial charge in [0.15, 0.2) is 0 Å². The molecule has 3 aliphatic rings. The molecule has 25 heavy (non-hydrogen) atoms. The van der Waals surface area contributed by atoms with Crippen LogP contribution in [-0.2, 0) is 20.7 Å². The topological polar surface area (TPSA) is 65.6 Å². The number of likely N-dealkylation sites (tertiary alicyclic amines) is 2. The zero-order valence-corrected chi connectivity index (χ0v) is 14.7. The predicted octanol–water partition coefficient (Wildman–Crippen LogP) is 1.43. The van der Waals surface area contributed by atoms with Crippen LogP contribution in [0.4, 0.5) is 0 Å². The first-order valence-corrected chi connectivity index (χ1v) is 9.53. The first-order valence-electron chi connectivity index (χ1n) is 9.53. The molecule has 1 aromatic heterocycles. The van der Waals surface area contributed by atoms with Crippen molar-refractivity contribution in [2.45, 2.75) is 38.2 Å². The lowest BCUT2D eigenvalue weighted by Gasteiger charge is -2.40. The first-order chi connectivity index (χ1) is 12.2. The van der Waals surface area contributed by atoms with Crippen LogP contribution in [0.5, 0.6) is 0 Å². The minimum Gasteiger partial charge on any atom is -0.376 e. The number of nitrogens with one attached hydrogen (secondary N) is 1. The van der Waals surface area contributed by atoms with E-state index in [1.54, 1.807) is 0 Å². The molecule has 6 nitrogen and oxygen atoms in total. The molecule has 0 saturated carbocycles. The summed E-state index contributed by atoms with van der Waals surface area (Å²) in [6.07, 6.45) is 6.23. The lowest BCUT2D eigenvalue weighted by atomic mass is 9.81. The van der Waals surface area contributed by atoms with Gasteiger partial charge in [0.1, 0.15) is 0 Å². The normalized spacial score (nSPS) is 29.0. The van der Waals surface area contributed by atoms with Crippen LogP contribution in [0.1, 0.15) is 31.4 Å². The van der Waals surface area contributed by atoms with E-state index in [-0.39, 0.29) is 29.8 Å². The second-order valence-corrected chi connectivity index (χ2v) is 7.49. The molecule has 4 rings (SSSR count). The molecule has 136 valence electrons. The van der Waals surface area contributed by atoms with E-state index in [2.05, 4.69) is 4.98 Å². The fraction of sp³-hybridized carbons (Fsp3) is 0.684. The Balaban J connectivity index is 1.42. The van der Waals surface area contributed by atoms with Gasteiger partial charge in [0.25, 0.3) is 0 Å². The van der Waals surface area contributed by atoms with E-state index in [9.17, 15) is 9.59 Å². The third kappa shape index (κ3) is 3.45. The number of rotatable bonds is 4. The van der Waals surface area contributed by atoms with Crippen molar-refractivity contribution in [1.29, 1.82) is 0 Å². The number of H-pyrrole nitrogens is 1. The largest absolute Gasteiger partial charge is 0.376 e. The Kier molecular flexibility index (Phi) is 4.79. The molecule has 0 unspecified atom stereocenters. The lowest BCUT2D eigenvalue weighted by molar-refractivity contribution is -0.146. The van der Waals surface area contributed by atoms with Crippen LogP contribution in [-0.4, -0.2) is 65.5 Å². The average molecular weight is 345 g/mol. The summed E-state index contributed by atoms with van der Waals surface area (Å²) < 4.78 is 5.86. The molecule has 3 fully saturated rings. The van der Waals surface area contributed by atoms with Crippen LogP contribution < -0.4 is 0 Å². The summed E-state index contributed by atoms with van der Waals surface area (Å²) in [7, 11) is 0. The van der Waals surface area contributed by atoms with Crippen molar-refractivity contribution in [1.82, 2.24) is 14.8 Å².